The molecule has 2 amide bonds. The molecule has 0 fully saturated rings. The maximum Gasteiger partial charge on any atom is 0.259 e. The topological polar surface area (TPSA) is 122 Å². The molecule has 4 rings (SSSR count). The van der Waals surface area contributed by atoms with Crippen molar-refractivity contribution in [2.75, 3.05) is 55.6 Å². The number of nitrogens with zero attached hydrogens (tertiary/aromatic N) is 4. The third-order valence-corrected chi connectivity index (χ3v) is 8.51. The van der Waals surface area contributed by atoms with Gasteiger partial charge in [0.15, 0.2) is 13.2 Å². The quantitative estimate of drug-likeness (QED) is 0.182. The standard InChI is InChI=1S/C38H46N4O8/c1-25-18-31(49-23-37(45)39(3)4)21-35(43)41(25)33(27-12-14-29(47-7)15-13-27)16-17-34(28-10-9-11-30(20-28)48-8)42-26(2)19-32(22-36(42)44)50-24-38(46)40(5)6/h9-15,18-22,33-34H,16-17,23-24H2,1-8H3/t33-,34-/m1/s1. The number of benzene rings is 2. The number of hydrogen-bond donors (Lipinski definition) is 0. The molecule has 0 saturated heterocycles. The van der Waals surface area contributed by atoms with Gasteiger partial charge in [-0.25, -0.2) is 0 Å². The first kappa shape index (κ1) is 37.3. The maximum atomic E-state index is 13.8. The highest BCUT2D eigenvalue weighted by atomic mass is 16.5. The Bertz CT molecular complexity index is 1910. The van der Waals surface area contributed by atoms with Crippen LogP contribution in [0, 0.1) is 13.8 Å². The van der Waals surface area contributed by atoms with Gasteiger partial charge in [0.1, 0.15) is 23.0 Å². The third-order valence-electron chi connectivity index (χ3n) is 8.51. The number of amides is 2. The van der Waals surface area contributed by atoms with Crippen molar-refractivity contribution < 1.29 is 28.5 Å². The van der Waals surface area contributed by atoms with Crippen LogP contribution in [0.5, 0.6) is 23.0 Å². The fourth-order valence-corrected chi connectivity index (χ4v) is 5.76. The maximum absolute atomic E-state index is 13.8. The van der Waals surface area contributed by atoms with Crippen LogP contribution in [-0.4, -0.2) is 86.4 Å². The summed E-state index contributed by atoms with van der Waals surface area (Å²) < 4.78 is 25.7. The predicted octanol–water partition coefficient (Wildman–Crippen LogP) is 4.24. The smallest absolute Gasteiger partial charge is 0.259 e. The number of rotatable bonds is 15. The highest BCUT2D eigenvalue weighted by Gasteiger charge is 2.24. The summed E-state index contributed by atoms with van der Waals surface area (Å²) in [6.45, 7) is 3.27. The zero-order valence-electron chi connectivity index (χ0n) is 30.0. The number of aryl methyl sites for hydroxylation is 2. The first-order chi connectivity index (χ1) is 23.8. The average Bonchev–Trinajstić information content (AvgIpc) is 3.09. The fourth-order valence-electron chi connectivity index (χ4n) is 5.76. The van der Waals surface area contributed by atoms with Crippen LogP contribution in [0.25, 0.3) is 0 Å². The van der Waals surface area contributed by atoms with E-state index >= 15 is 0 Å². The normalized spacial score (nSPS) is 12.1. The van der Waals surface area contributed by atoms with Crippen molar-refractivity contribution in [3.8, 4) is 23.0 Å². The minimum Gasteiger partial charge on any atom is -0.497 e. The lowest BCUT2D eigenvalue weighted by molar-refractivity contribution is -0.131. The van der Waals surface area contributed by atoms with E-state index in [1.807, 2.05) is 62.4 Å². The lowest BCUT2D eigenvalue weighted by atomic mass is 9.94. The Labute approximate surface area is 292 Å². The van der Waals surface area contributed by atoms with Gasteiger partial charge >= 0.3 is 0 Å². The van der Waals surface area contributed by atoms with E-state index in [0.717, 1.165) is 11.1 Å². The van der Waals surface area contributed by atoms with E-state index in [-0.39, 0.29) is 36.1 Å². The lowest BCUT2D eigenvalue weighted by Crippen LogP contribution is -2.31. The molecule has 2 atom stereocenters. The summed E-state index contributed by atoms with van der Waals surface area (Å²) in [6.07, 6.45) is 0.904. The van der Waals surface area contributed by atoms with Crippen LogP contribution in [0.15, 0.2) is 82.4 Å². The Morgan fingerprint density at radius 2 is 1.06 bits per heavy atom. The van der Waals surface area contributed by atoms with Crippen LogP contribution in [0.1, 0.15) is 47.4 Å². The summed E-state index contributed by atoms with van der Waals surface area (Å²) in [4.78, 5) is 54.7. The van der Waals surface area contributed by atoms with Gasteiger partial charge in [0.05, 0.1) is 26.3 Å². The minimum atomic E-state index is -0.452. The van der Waals surface area contributed by atoms with Gasteiger partial charge in [-0.1, -0.05) is 24.3 Å². The van der Waals surface area contributed by atoms with Gasteiger partial charge in [0, 0.05) is 51.7 Å². The van der Waals surface area contributed by atoms with E-state index in [1.165, 1.54) is 21.9 Å². The number of carbonyl (C=O) groups is 2. The summed E-state index contributed by atoms with van der Waals surface area (Å²) in [5, 5.41) is 0. The average molecular weight is 687 g/mol. The molecule has 0 saturated carbocycles. The Balaban J connectivity index is 1.76. The van der Waals surface area contributed by atoms with E-state index in [1.54, 1.807) is 63.7 Å². The molecule has 0 radical (unpaired) electrons. The van der Waals surface area contributed by atoms with Crippen molar-refractivity contribution >= 4 is 11.8 Å². The molecule has 0 N–H and O–H groups in total. The number of likely N-dealkylation sites (N-methyl/N-ethyl adjacent to an activating group) is 2. The van der Waals surface area contributed by atoms with Gasteiger partial charge < -0.3 is 37.9 Å². The Hall–Kier alpha value is -5.52. The molecular weight excluding hydrogens is 640 g/mol. The first-order valence-corrected chi connectivity index (χ1v) is 16.2. The Morgan fingerprint density at radius 3 is 1.48 bits per heavy atom. The summed E-state index contributed by atoms with van der Waals surface area (Å²) in [5.41, 5.74) is 2.41. The summed E-state index contributed by atoms with van der Waals surface area (Å²) in [6, 6.07) is 20.5. The monoisotopic (exact) mass is 686 g/mol. The number of carbonyl (C=O) groups excluding carboxylic acids is 2. The molecule has 2 aromatic heterocycles. The van der Waals surface area contributed by atoms with E-state index in [0.29, 0.717) is 47.2 Å². The lowest BCUT2D eigenvalue weighted by Gasteiger charge is -2.28. The summed E-state index contributed by atoms with van der Waals surface area (Å²) >= 11 is 0. The van der Waals surface area contributed by atoms with E-state index in [2.05, 4.69) is 0 Å². The van der Waals surface area contributed by atoms with Gasteiger partial charge in [-0.15, -0.1) is 0 Å². The second-order valence-corrected chi connectivity index (χ2v) is 12.4. The highest BCUT2D eigenvalue weighted by molar-refractivity contribution is 5.77. The molecule has 12 nitrogen and oxygen atoms in total. The highest BCUT2D eigenvalue weighted by Crippen LogP contribution is 2.33. The summed E-state index contributed by atoms with van der Waals surface area (Å²) in [7, 11) is 9.74. The number of ether oxygens (including phenoxy) is 4. The van der Waals surface area contributed by atoms with Crippen molar-refractivity contribution in [2.45, 2.75) is 38.8 Å². The second kappa shape index (κ2) is 16.7. The van der Waals surface area contributed by atoms with E-state index in [4.69, 9.17) is 18.9 Å². The number of pyridine rings is 2. The van der Waals surface area contributed by atoms with Crippen LogP contribution in [0.3, 0.4) is 0 Å². The van der Waals surface area contributed by atoms with Crippen molar-refractivity contribution in [1.82, 2.24) is 18.9 Å². The largest absolute Gasteiger partial charge is 0.497 e. The molecule has 2 heterocycles. The van der Waals surface area contributed by atoms with Crippen LogP contribution in [0.4, 0.5) is 0 Å². The van der Waals surface area contributed by atoms with Crippen molar-refractivity contribution in [1.29, 1.82) is 0 Å². The van der Waals surface area contributed by atoms with Gasteiger partial charge in [0.2, 0.25) is 0 Å². The van der Waals surface area contributed by atoms with Gasteiger partial charge in [-0.3, -0.25) is 19.2 Å². The van der Waals surface area contributed by atoms with Gasteiger partial charge in [0.25, 0.3) is 22.9 Å². The first-order valence-electron chi connectivity index (χ1n) is 16.2. The molecule has 0 aliphatic heterocycles. The van der Waals surface area contributed by atoms with Crippen LogP contribution in [-0.2, 0) is 9.59 Å². The minimum absolute atomic E-state index is 0.191. The number of hydrogen-bond acceptors (Lipinski definition) is 8. The van der Waals surface area contributed by atoms with Crippen molar-refractivity contribution in [3.05, 3.63) is 116 Å². The van der Waals surface area contributed by atoms with Gasteiger partial charge in [-0.05, 0) is 74.2 Å². The van der Waals surface area contributed by atoms with Crippen LogP contribution < -0.4 is 30.1 Å². The molecule has 0 bridgehead atoms. The van der Waals surface area contributed by atoms with Crippen LogP contribution >= 0.6 is 0 Å². The fraction of sp³-hybridized carbons (Fsp3) is 0.368. The number of aromatic nitrogens is 2. The molecule has 12 heteroatoms. The SMILES string of the molecule is COc1ccc([C@@H](CC[C@H](c2cccc(OC)c2)n2c(C)cc(OCC(=O)N(C)C)cc2=O)n2c(C)cc(OCC(=O)N(C)C)cc2=O)cc1. The number of methoxy groups -OCH3 is 2. The second-order valence-electron chi connectivity index (χ2n) is 12.4. The van der Waals surface area contributed by atoms with Crippen molar-refractivity contribution in [3.63, 3.8) is 0 Å². The third kappa shape index (κ3) is 9.13. The molecule has 2 aromatic carbocycles. The molecule has 266 valence electrons. The van der Waals surface area contributed by atoms with Gasteiger partial charge in [-0.2, -0.15) is 0 Å². The summed E-state index contributed by atoms with van der Waals surface area (Å²) in [5.74, 6) is 1.48. The predicted molar refractivity (Wildman–Crippen MR) is 191 cm³/mol. The molecular formula is C38H46N4O8. The van der Waals surface area contributed by atoms with E-state index in [9.17, 15) is 19.2 Å². The molecule has 50 heavy (non-hydrogen) atoms. The molecule has 0 spiro atoms. The Kier molecular flexibility index (Phi) is 12.5. The zero-order valence-corrected chi connectivity index (χ0v) is 30.0. The van der Waals surface area contributed by atoms with Crippen LogP contribution in [0.2, 0.25) is 0 Å². The molecule has 0 aliphatic carbocycles. The molecule has 0 aliphatic rings. The van der Waals surface area contributed by atoms with E-state index < -0.39 is 12.1 Å². The Morgan fingerprint density at radius 1 is 0.600 bits per heavy atom. The van der Waals surface area contributed by atoms with Crippen molar-refractivity contribution in [2.24, 2.45) is 0 Å². The zero-order chi connectivity index (χ0) is 36.5. The molecule has 4 aromatic rings. The molecule has 0 unspecified atom stereocenters.